The third-order valence-electron chi connectivity index (χ3n) is 3.02. The lowest BCUT2D eigenvalue weighted by Gasteiger charge is -2.30. The van der Waals surface area contributed by atoms with Gasteiger partial charge in [-0.05, 0) is 31.2 Å². The van der Waals surface area contributed by atoms with Crippen LogP contribution in [0.3, 0.4) is 0 Å². The molecule has 13 heavy (non-hydrogen) atoms. The molecule has 1 aliphatic rings. The standard InChI is InChI=1S/C12H16O/c1-9-5-7-11(8-6-9)12(13)10-3-2-4-10/h5-8,10,12-13H,2-4H2,1H3. The quantitative estimate of drug-likeness (QED) is 0.734. The highest BCUT2D eigenvalue weighted by Gasteiger charge is 2.26. The predicted molar refractivity (Wildman–Crippen MR) is 53.5 cm³/mol. The van der Waals surface area contributed by atoms with Gasteiger partial charge in [-0.2, -0.15) is 0 Å². The molecule has 70 valence electrons. The number of hydrogen-bond acceptors (Lipinski definition) is 1. The maximum atomic E-state index is 9.93. The van der Waals surface area contributed by atoms with Crippen LogP contribution in [0.2, 0.25) is 0 Å². The zero-order valence-electron chi connectivity index (χ0n) is 8.03. The second-order valence-electron chi connectivity index (χ2n) is 4.05. The zero-order chi connectivity index (χ0) is 9.26. The van der Waals surface area contributed by atoms with Crippen molar-refractivity contribution in [3.05, 3.63) is 35.4 Å². The van der Waals surface area contributed by atoms with Gasteiger partial charge in [0.2, 0.25) is 0 Å². The van der Waals surface area contributed by atoms with Crippen molar-refractivity contribution in [3.8, 4) is 0 Å². The van der Waals surface area contributed by atoms with Gasteiger partial charge in [0.15, 0.2) is 0 Å². The van der Waals surface area contributed by atoms with Gasteiger partial charge in [-0.15, -0.1) is 0 Å². The Hall–Kier alpha value is -0.820. The Balaban J connectivity index is 2.10. The largest absolute Gasteiger partial charge is 0.388 e. The fourth-order valence-electron chi connectivity index (χ4n) is 1.79. The molecule has 0 amide bonds. The van der Waals surface area contributed by atoms with Crippen molar-refractivity contribution in [1.82, 2.24) is 0 Å². The zero-order valence-corrected chi connectivity index (χ0v) is 8.03. The molecule has 1 heteroatoms. The van der Waals surface area contributed by atoms with Gasteiger partial charge in [0.25, 0.3) is 0 Å². The molecule has 0 saturated heterocycles. The topological polar surface area (TPSA) is 20.2 Å². The first-order valence-corrected chi connectivity index (χ1v) is 5.02. The van der Waals surface area contributed by atoms with Gasteiger partial charge in [-0.25, -0.2) is 0 Å². The van der Waals surface area contributed by atoms with Crippen LogP contribution in [0.15, 0.2) is 24.3 Å². The molecule has 1 N–H and O–H groups in total. The van der Waals surface area contributed by atoms with Crippen LogP contribution in [0.25, 0.3) is 0 Å². The van der Waals surface area contributed by atoms with Gasteiger partial charge < -0.3 is 5.11 Å². The molecule has 0 aromatic heterocycles. The van der Waals surface area contributed by atoms with Crippen LogP contribution >= 0.6 is 0 Å². The Morgan fingerprint density at radius 3 is 2.31 bits per heavy atom. The fraction of sp³-hybridized carbons (Fsp3) is 0.500. The van der Waals surface area contributed by atoms with Crippen LogP contribution in [0, 0.1) is 12.8 Å². The predicted octanol–water partition coefficient (Wildman–Crippen LogP) is 2.83. The number of aliphatic hydroxyl groups excluding tert-OH is 1. The van der Waals surface area contributed by atoms with Gasteiger partial charge >= 0.3 is 0 Å². The summed E-state index contributed by atoms with van der Waals surface area (Å²) in [6, 6.07) is 8.21. The van der Waals surface area contributed by atoms with E-state index in [-0.39, 0.29) is 6.10 Å². The van der Waals surface area contributed by atoms with Crippen molar-refractivity contribution in [2.75, 3.05) is 0 Å². The number of hydrogen-bond donors (Lipinski definition) is 1. The smallest absolute Gasteiger partial charge is 0.0818 e. The van der Waals surface area contributed by atoms with E-state index in [0.29, 0.717) is 5.92 Å². The molecule has 2 rings (SSSR count). The molecule has 0 heterocycles. The third kappa shape index (κ3) is 1.75. The molecule has 1 saturated carbocycles. The fourth-order valence-corrected chi connectivity index (χ4v) is 1.79. The minimum Gasteiger partial charge on any atom is -0.388 e. The first kappa shape index (κ1) is 8.76. The first-order chi connectivity index (χ1) is 6.27. The second kappa shape index (κ2) is 3.51. The Bertz CT molecular complexity index is 272. The van der Waals surface area contributed by atoms with Crippen LogP contribution in [-0.4, -0.2) is 5.11 Å². The molecule has 0 spiro atoms. The Labute approximate surface area is 79.4 Å². The number of aliphatic hydroxyl groups is 1. The molecule has 1 nitrogen and oxygen atoms in total. The van der Waals surface area contributed by atoms with Gasteiger partial charge in [0, 0.05) is 0 Å². The summed E-state index contributed by atoms with van der Waals surface area (Å²) >= 11 is 0. The Kier molecular flexibility index (Phi) is 2.36. The van der Waals surface area contributed by atoms with E-state index in [1.165, 1.54) is 24.8 Å². The van der Waals surface area contributed by atoms with Crippen LogP contribution in [-0.2, 0) is 0 Å². The van der Waals surface area contributed by atoms with Gasteiger partial charge in [0.05, 0.1) is 6.10 Å². The van der Waals surface area contributed by atoms with E-state index >= 15 is 0 Å². The van der Waals surface area contributed by atoms with Crippen molar-refractivity contribution in [2.45, 2.75) is 32.3 Å². The molecule has 1 aliphatic carbocycles. The highest BCUT2D eigenvalue weighted by atomic mass is 16.3. The van der Waals surface area contributed by atoms with Crippen molar-refractivity contribution >= 4 is 0 Å². The summed E-state index contributed by atoms with van der Waals surface area (Å²) in [5, 5.41) is 9.93. The molecule has 1 unspecified atom stereocenters. The number of rotatable bonds is 2. The Morgan fingerprint density at radius 2 is 1.85 bits per heavy atom. The lowest BCUT2D eigenvalue weighted by atomic mass is 9.79. The summed E-state index contributed by atoms with van der Waals surface area (Å²) < 4.78 is 0. The van der Waals surface area contributed by atoms with E-state index < -0.39 is 0 Å². The molecule has 0 aliphatic heterocycles. The molecule has 1 aromatic rings. The van der Waals surface area contributed by atoms with E-state index in [1.54, 1.807) is 0 Å². The van der Waals surface area contributed by atoms with Crippen molar-refractivity contribution in [3.63, 3.8) is 0 Å². The van der Waals surface area contributed by atoms with Crippen molar-refractivity contribution in [2.24, 2.45) is 5.92 Å². The summed E-state index contributed by atoms with van der Waals surface area (Å²) in [5.41, 5.74) is 2.33. The average Bonchev–Trinajstić information content (AvgIpc) is 2.02. The highest BCUT2D eigenvalue weighted by molar-refractivity contribution is 5.23. The van der Waals surface area contributed by atoms with Crippen molar-refractivity contribution < 1.29 is 5.11 Å². The monoisotopic (exact) mass is 176 g/mol. The summed E-state index contributed by atoms with van der Waals surface area (Å²) in [5.74, 6) is 0.516. The van der Waals surface area contributed by atoms with Crippen LogP contribution in [0.1, 0.15) is 36.5 Å². The van der Waals surface area contributed by atoms with E-state index in [4.69, 9.17) is 0 Å². The average molecular weight is 176 g/mol. The van der Waals surface area contributed by atoms with Crippen LogP contribution < -0.4 is 0 Å². The van der Waals surface area contributed by atoms with Crippen LogP contribution in [0.4, 0.5) is 0 Å². The summed E-state index contributed by atoms with van der Waals surface area (Å²) in [4.78, 5) is 0. The van der Waals surface area contributed by atoms with Gasteiger partial charge in [0.1, 0.15) is 0 Å². The van der Waals surface area contributed by atoms with Gasteiger partial charge in [-0.1, -0.05) is 36.2 Å². The number of aryl methyl sites for hydroxylation is 1. The first-order valence-electron chi connectivity index (χ1n) is 5.02. The molecule has 0 bridgehead atoms. The second-order valence-corrected chi connectivity index (χ2v) is 4.05. The molecular weight excluding hydrogens is 160 g/mol. The highest BCUT2D eigenvalue weighted by Crippen LogP contribution is 2.37. The molecule has 0 radical (unpaired) electrons. The van der Waals surface area contributed by atoms with Crippen LogP contribution in [0.5, 0.6) is 0 Å². The lowest BCUT2D eigenvalue weighted by Crippen LogP contribution is -2.19. The normalized spacial score (nSPS) is 19.5. The van der Waals surface area contributed by atoms with E-state index in [9.17, 15) is 5.11 Å². The summed E-state index contributed by atoms with van der Waals surface area (Å²) in [6.45, 7) is 2.07. The Morgan fingerprint density at radius 1 is 1.23 bits per heavy atom. The summed E-state index contributed by atoms with van der Waals surface area (Å²) in [7, 11) is 0. The maximum Gasteiger partial charge on any atom is 0.0818 e. The SMILES string of the molecule is Cc1ccc(C(O)C2CCC2)cc1. The van der Waals surface area contributed by atoms with Gasteiger partial charge in [-0.3, -0.25) is 0 Å². The maximum absolute atomic E-state index is 9.93. The summed E-state index contributed by atoms with van der Waals surface area (Å²) in [6.07, 6.45) is 3.44. The molecular formula is C12H16O. The van der Waals surface area contributed by atoms with Crippen molar-refractivity contribution in [1.29, 1.82) is 0 Å². The minimum absolute atomic E-state index is 0.227. The lowest BCUT2D eigenvalue weighted by molar-refractivity contribution is 0.0621. The third-order valence-corrected chi connectivity index (χ3v) is 3.02. The molecule has 1 atom stereocenters. The van der Waals surface area contributed by atoms with E-state index in [2.05, 4.69) is 19.1 Å². The molecule has 1 fully saturated rings. The molecule has 1 aromatic carbocycles. The van der Waals surface area contributed by atoms with E-state index in [1.807, 2.05) is 12.1 Å². The minimum atomic E-state index is -0.227. The number of benzene rings is 1. The van der Waals surface area contributed by atoms with E-state index in [0.717, 1.165) is 5.56 Å².